The Hall–Kier alpha value is -11.6. The van der Waals surface area contributed by atoms with Crippen molar-refractivity contribution in [3.05, 3.63) is 345 Å². The summed E-state index contributed by atoms with van der Waals surface area (Å²) in [6.07, 6.45) is 0. The van der Waals surface area contributed by atoms with Crippen molar-refractivity contribution in [3.63, 3.8) is 0 Å². The second-order valence-electron chi connectivity index (χ2n) is 24.2. The predicted molar refractivity (Wildman–Crippen MR) is 391 cm³/mol. The van der Waals surface area contributed by atoms with E-state index in [-0.39, 0.29) is 19.1 Å². The molecule has 0 saturated heterocycles. The Morgan fingerprint density at radius 1 is 0.277 bits per heavy atom. The quantitative estimate of drug-likeness (QED) is 0.119. The Kier molecular flexibility index (Phi) is 13.3. The zero-order chi connectivity index (χ0) is 62.4. The minimum atomic E-state index is -0.665. The molecule has 0 fully saturated rings. The van der Waals surface area contributed by atoms with Crippen molar-refractivity contribution in [3.8, 4) is 22.3 Å². The Bertz CT molecular complexity index is 5220. The van der Waals surface area contributed by atoms with Gasteiger partial charge in [-0.25, -0.2) is 8.78 Å². The molecule has 0 amide bonds. The average Bonchev–Trinajstić information content (AvgIpc) is 0.689. The van der Waals surface area contributed by atoms with Crippen LogP contribution in [0.3, 0.4) is 0 Å². The molecule has 4 aliphatic heterocycles. The van der Waals surface area contributed by atoms with Crippen molar-refractivity contribution < 1.29 is 8.78 Å². The average molecular weight is 1230 g/mol. The van der Waals surface area contributed by atoms with Crippen molar-refractivity contribution in [2.75, 3.05) is 24.5 Å². The number of fused-ring (bicyclic) bond motifs is 8. The molecule has 14 aromatic carbocycles. The monoisotopic (exact) mass is 1230 g/mol. The molecular formula is C84H55B2F2N5S. The lowest BCUT2D eigenvalue weighted by Gasteiger charge is -2.46. The second-order valence-corrected chi connectivity index (χ2v) is 25.3. The third-order valence-electron chi connectivity index (χ3n) is 18.9. The molecule has 0 aromatic heterocycles. The van der Waals surface area contributed by atoms with Crippen LogP contribution < -0.4 is 57.3 Å². The van der Waals surface area contributed by atoms with E-state index in [4.69, 9.17) is 0 Å². The molecule has 10 heteroatoms. The van der Waals surface area contributed by atoms with Crippen LogP contribution in [0.2, 0.25) is 0 Å². The number of para-hydroxylation sites is 8. The zero-order valence-electron chi connectivity index (χ0n) is 50.8. The van der Waals surface area contributed by atoms with Gasteiger partial charge in [-0.1, -0.05) is 230 Å². The number of nitrogens with zero attached hydrogens (tertiary/aromatic N) is 5. The van der Waals surface area contributed by atoms with E-state index in [2.05, 4.69) is 328 Å². The van der Waals surface area contributed by atoms with Gasteiger partial charge in [-0.2, -0.15) is 0 Å². The molecular weight excluding hydrogens is 1170 g/mol. The molecule has 0 N–H and O–H groups in total. The topological polar surface area (TPSA) is 16.2 Å². The van der Waals surface area contributed by atoms with Gasteiger partial charge >= 0.3 is 0 Å². The van der Waals surface area contributed by atoms with Crippen LogP contribution in [0.25, 0.3) is 22.3 Å². The van der Waals surface area contributed by atoms with Crippen LogP contribution >= 0.6 is 11.8 Å². The highest BCUT2D eigenvalue weighted by atomic mass is 32.2. The third-order valence-corrected chi connectivity index (χ3v) is 20.1. The summed E-state index contributed by atoms with van der Waals surface area (Å²) in [6.45, 7) is -0.578. The van der Waals surface area contributed by atoms with Crippen LogP contribution in [0, 0.1) is 11.6 Å². The Balaban J connectivity index is 0.929. The first-order valence-corrected chi connectivity index (χ1v) is 32.7. The maximum absolute atomic E-state index is 17.7. The van der Waals surface area contributed by atoms with Gasteiger partial charge < -0.3 is 24.5 Å². The second kappa shape index (κ2) is 22.7. The first kappa shape index (κ1) is 55.3. The van der Waals surface area contributed by atoms with Crippen molar-refractivity contribution in [1.29, 1.82) is 0 Å². The molecule has 0 radical (unpaired) electrons. The SMILES string of the molecule is Fc1ccc(N2c3cc4c(cc3B3c5ccccc5N(c5ccccc5)c5cc(N(c6ccccc6)c6ccccc6)cc2c53)B2c3ccccc3N(c3ccccc3-c3ccccc3)c3cc(N(c5ccccc5)c5ccccc5-c5ccccc5)cc(c32)S4)c(F)c1. The number of rotatable bonds is 11. The van der Waals surface area contributed by atoms with Gasteiger partial charge in [0.25, 0.3) is 6.71 Å². The number of anilines is 15. The minimum Gasteiger partial charge on any atom is -0.311 e. The van der Waals surface area contributed by atoms with Gasteiger partial charge in [-0.3, -0.25) is 0 Å². The van der Waals surface area contributed by atoms with Gasteiger partial charge in [0.15, 0.2) is 0 Å². The summed E-state index contributed by atoms with van der Waals surface area (Å²) in [4.78, 5) is 13.8. The number of hydrogen-bond acceptors (Lipinski definition) is 6. The molecule has 0 unspecified atom stereocenters. The van der Waals surface area contributed by atoms with Crippen molar-refractivity contribution in [2.24, 2.45) is 0 Å². The molecule has 0 saturated carbocycles. The summed E-state index contributed by atoms with van der Waals surface area (Å²) >= 11 is 1.76. The van der Waals surface area contributed by atoms with Crippen molar-refractivity contribution in [1.82, 2.24) is 0 Å². The molecule has 94 heavy (non-hydrogen) atoms. The zero-order valence-corrected chi connectivity index (χ0v) is 51.6. The molecule has 4 aliphatic rings. The maximum atomic E-state index is 17.7. The normalized spacial score (nSPS) is 12.9. The highest BCUT2D eigenvalue weighted by molar-refractivity contribution is 8.00. The fraction of sp³-hybridized carbons (Fsp3) is 0. The third kappa shape index (κ3) is 9.00. The van der Waals surface area contributed by atoms with Crippen LogP contribution in [0.1, 0.15) is 0 Å². The predicted octanol–water partition coefficient (Wildman–Crippen LogP) is 19.1. The van der Waals surface area contributed by atoms with Crippen LogP contribution in [0.5, 0.6) is 0 Å². The van der Waals surface area contributed by atoms with Gasteiger partial charge in [-0.15, -0.1) is 0 Å². The van der Waals surface area contributed by atoms with Crippen LogP contribution in [0.4, 0.5) is 94.1 Å². The Morgan fingerprint density at radius 2 is 0.734 bits per heavy atom. The van der Waals surface area contributed by atoms with E-state index in [1.54, 1.807) is 17.8 Å². The lowest BCUT2D eigenvalue weighted by atomic mass is 9.31. The largest absolute Gasteiger partial charge is 0.311 e. The molecule has 14 aromatic rings. The van der Waals surface area contributed by atoms with E-state index in [0.717, 1.165) is 140 Å². The molecule has 5 nitrogen and oxygen atoms in total. The fourth-order valence-electron chi connectivity index (χ4n) is 15.1. The maximum Gasteiger partial charge on any atom is 0.252 e. The van der Waals surface area contributed by atoms with Crippen molar-refractivity contribution >= 4 is 143 Å². The molecule has 0 aliphatic carbocycles. The summed E-state index contributed by atoms with van der Waals surface area (Å²) in [7, 11) is 0. The van der Waals surface area contributed by atoms with E-state index in [9.17, 15) is 0 Å². The number of halogens is 2. The highest BCUT2D eigenvalue weighted by Crippen LogP contribution is 2.53. The first-order valence-electron chi connectivity index (χ1n) is 31.8. The van der Waals surface area contributed by atoms with E-state index in [1.165, 1.54) is 17.0 Å². The van der Waals surface area contributed by atoms with Gasteiger partial charge in [0.1, 0.15) is 11.6 Å². The summed E-state index contributed by atoms with van der Waals surface area (Å²) in [5.74, 6) is -1.31. The lowest BCUT2D eigenvalue weighted by Crippen LogP contribution is -2.64. The van der Waals surface area contributed by atoms with Crippen LogP contribution in [0.15, 0.2) is 343 Å². The molecule has 4 heterocycles. The summed E-state index contributed by atoms with van der Waals surface area (Å²) < 4.78 is 33.3. The number of benzene rings is 14. The van der Waals surface area contributed by atoms with E-state index < -0.39 is 11.6 Å². The smallest absolute Gasteiger partial charge is 0.252 e. The highest BCUT2D eigenvalue weighted by Gasteiger charge is 2.48. The fourth-order valence-corrected chi connectivity index (χ4v) is 16.3. The van der Waals surface area contributed by atoms with Gasteiger partial charge in [0.2, 0.25) is 6.71 Å². The van der Waals surface area contributed by atoms with E-state index in [0.29, 0.717) is 0 Å². The van der Waals surface area contributed by atoms with E-state index in [1.807, 2.05) is 12.1 Å². The van der Waals surface area contributed by atoms with Crippen LogP contribution in [-0.4, -0.2) is 13.4 Å². The van der Waals surface area contributed by atoms with Gasteiger partial charge in [-0.05, 0) is 154 Å². The van der Waals surface area contributed by atoms with Gasteiger partial charge in [0.05, 0.1) is 22.7 Å². The number of hydrogen-bond donors (Lipinski definition) is 0. The standard InChI is InChI=1S/C84H55B2F2N5S/c87-58-47-48-76(71(88)49-58)93-77-55-81-70(54-69(77)85-67-41-21-25-45-74(67)91(62-37-17-6-18-38-62)78-50-63(51-79(93)83(78)85)89(59-31-11-3-12-32-59)60-33-13-4-14-34-60)86-68-42-22-26-46-75(68)92(73-44-24-20-40-66(73)57-29-9-2-10-30-57)80-52-64(53-82(94-81)84(80)86)90(61-35-15-5-16-36-61)72-43-23-19-39-65(72)56-27-7-1-8-28-56/h1-55H. The molecule has 18 rings (SSSR count). The summed E-state index contributed by atoms with van der Waals surface area (Å²) in [6, 6.07) is 117. The molecule has 0 bridgehead atoms. The van der Waals surface area contributed by atoms with Crippen molar-refractivity contribution in [2.45, 2.75) is 9.79 Å². The lowest BCUT2D eigenvalue weighted by molar-refractivity contribution is 0.584. The van der Waals surface area contributed by atoms with E-state index >= 15 is 8.78 Å². The first-order chi connectivity index (χ1) is 46.5. The summed E-state index contributed by atoms with van der Waals surface area (Å²) in [5, 5.41) is 0. The Morgan fingerprint density at radius 3 is 1.35 bits per heavy atom. The van der Waals surface area contributed by atoms with Crippen LogP contribution in [-0.2, 0) is 0 Å². The van der Waals surface area contributed by atoms with Gasteiger partial charge in [0, 0.05) is 89.5 Å². The molecule has 0 spiro atoms. The minimum absolute atomic E-state index is 0.244. The molecule has 442 valence electrons. The summed E-state index contributed by atoms with van der Waals surface area (Å²) in [5.41, 5.74) is 25.1. The molecule has 0 atom stereocenters. The Labute approximate surface area is 550 Å².